The molecule has 2 aromatic rings. The molecule has 1 unspecified atom stereocenters. The van der Waals surface area contributed by atoms with Crippen LogP contribution in [0.1, 0.15) is 25.5 Å². The molecule has 0 radical (unpaired) electrons. The highest BCUT2D eigenvalue weighted by Gasteiger charge is 2.10. The second-order valence-corrected chi connectivity index (χ2v) is 4.37. The van der Waals surface area contributed by atoms with Crippen LogP contribution in [-0.2, 0) is 0 Å². The molecule has 0 saturated carbocycles. The lowest BCUT2D eigenvalue weighted by Crippen LogP contribution is -2.18. The molecule has 0 aromatic heterocycles. The van der Waals surface area contributed by atoms with E-state index in [2.05, 4.69) is 31.3 Å². The highest BCUT2D eigenvalue weighted by molar-refractivity contribution is 5.67. The smallest absolute Gasteiger partial charge is 0.123 e. The van der Waals surface area contributed by atoms with Crippen molar-refractivity contribution in [2.24, 2.45) is 0 Å². The summed E-state index contributed by atoms with van der Waals surface area (Å²) in [6.45, 7) is 5.17. The van der Waals surface area contributed by atoms with Crippen LogP contribution in [0.15, 0.2) is 48.5 Å². The van der Waals surface area contributed by atoms with Crippen LogP contribution < -0.4 is 5.32 Å². The molecule has 0 aliphatic heterocycles. The summed E-state index contributed by atoms with van der Waals surface area (Å²) in [5, 5.41) is 3.41. The van der Waals surface area contributed by atoms with E-state index in [1.165, 1.54) is 17.7 Å². The van der Waals surface area contributed by atoms with Gasteiger partial charge < -0.3 is 5.32 Å². The van der Waals surface area contributed by atoms with Crippen LogP contribution >= 0.6 is 0 Å². The Labute approximate surface area is 108 Å². The minimum atomic E-state index is -0.198. The standard InChI is InChI=1S/C16H18FN/c1-3-18-12(2)15-6-4-5-7-16(15)13-8-10-14(17)11-9-13/h4-12,18H,3H2,1-2H3. The average molecular weight is 243 g/mol. The van der Waals surface area contributed by atoms with Gasteiger partial charge in [0.1, 0.15) is 5.82 Å². The zero-order valence-electron chi connectivity index (χ0n) is 10.8. The predicted octanol–water partition coefficient (Wildman–Crippen LogP) is 4.16. The summed E-state index contributed by atoms with van der Waals surface area (Å²) >= 11 is 0. The molecule has 2 rings (SSSR count). The fraction of sp³-hybridized carbons (Fsp3) is 0.250. The number of hydrogen-bond donors (Lipinski definition) is 1. The van der Waals surface area contributed by atoms with Gasteiger partial charge in [0.25, 0.3) is 0 Å². The minimum absolute atomic E-state index is 0.198. The topological polar surface area (TPSA) is 12.0 Å². The van der Waals surface area contributed by atoms with Crippen molar-refractivity contribution in [2.45, 2.75) is 19.9 Å². The highest BCUT2D eigenvalue weighted by Crippen LogP contribution is 2.28. The molecule has 0 spiro atoms. The van der Waals surface area contributed by atoms with Crippen LogP contribution in [0.25, 0.3) is 11.1 Å². The Hall–Kier alpha value is -1.67. The quantitative estimate of drug-likeness (QED) is 0.850. The van der Waals surface area contributed by atoms with Gasteiger partial charge in [-0.25, -0.2) is 4.39 Å². The van der Waals surface area contributed by atoms with Crippen molar-refractivity contribution in [3.63, 3.8) is 0 Å². The van der Waals surface area contributed by atoms with Crippen LogP contribution in [-0.4, -0.2) is 6.54 Å². The van der Waals surface area contributed by atoms with Gasteiger partial charge in [-0.1, -0.05) is 43.3 Å². The lowest BCUT2D eigenvalue weighted by Gasteiger charge is -2.17. The molecule has 0 amide bonds. The van der Waals surface area contributed by atoms with Crippen LogP contribution in [0.5, 0.6) is 0 Å². The third kappa shape index (κ3) is 2.77. The number of halogens is 1. The summed E-state index contributed by atoms with van der Waals surface area (Å²) in [5.41, 5.74) is 3.45. The Morgan fingerprint density at radius 2 is 1.72 bits per heavy atom. The van der Waals surface area contributed by atoms with E-state index >= 15 is 0 Å². The molecule has 1 nitrogen and oxygen atoms in total. The van der Waals surface area contributed by atoms with Gasteiger partial charge in [0.15, 0.2) is 0 Å². The molecular weight excluding hydrogens is 225 g/mol. The summed E-state index contributed by atoms with van der Waals surface area (Å²) in [4.78, 5) is 0. The third-order valence-corrected chi connectivity index (χ3v) is 3.09. The number of rotatable bonds is 4. The summed E-state index contributed by atoms with van der Waals surface area (Å²) in [6.07, 6.45) is 0. The largest absolute Gasteiger partial charge is 0.310 e. The molecule has 0 saturated heterocycles. The molecule has 2 heteroatoms. The van der Waals surface area contributed by atoms with Crippen molar-refractivity contribution in [1.29, 1.82) is 0 Å². The van der Waals surface area contributed by atoms with Crippen LogP contribution in [0.2, 0.25) is 0 Å². The summed E-state index contributed by atoms with van der Waals surface area (Å²) in [5.74, 6) is -0.198. The summed E-state index contributed by atoms with van der Waals surface area (Å²) in [6, 6.07) is 15.2. The van der Waals surface area contributed by atoms with Crippen LogP contribution in [0, 0.1) is 5.82 Å². The zero-order valence-corrected chi connectivity index (χ0v) is 10.8. The maximum absolute atomic E-state index is 13.0. The summed E-state index contributed by atoms with van der Waals surface area (Å²) < 4.78 is 13.0. The number of benzene rings is 2. The Morgan fingerprint density at radius 1 is 1.06 bits per heavy atom. The van der Waals surface area contributed by atoms with E-state index in [-0.39, 0.29) is 11.9 Å². The molecule has 0 heterocycles. The molecule has 94 valence electrons. The first kappa shape index (κ1) is 12.8. The third-order valence-electron chi connectivity index (χ3n) is 3.09. The second kappa shape index (κ2) is 5.78. The van der Waals surface area contributed by atoms with Gasteiger partial charge in [-0.15, -0.1) is 0 Å². The lowest BCUT2D eigenvalue weighted by atomic mass is 9.95. The predicted molar refractivity (Wildman–Crippen MR) is 73.9 cm³/mol. The Balaban J connectivity index is 2.41. The van der Waals surface area contributed by atoms with Crippen LogP contribution in [0.3, 0.4) is 0 Å². The fourth-order valence-electron chi connectivity index (χ4n) is 2.18. The SMILES string of the molecule is CCNC(C)c1ccccc1-c1ccc(F)cc1. The minimum Gasteiger partial charge on any atom is -0.310 e. The van der Waals surface area contributed by atoms with Crippen molar-refractivity contribution in [3.8, 4) is 11.1 Å². The molecule has 2 aromatic carbocycles. The van der Waals surface area contributed by atoms with Crippen LogP contribution in [0.4, 0.5) is 4.39 Å². The van der Waals surface area contributed by atoms with E-state index in [1.807, 2.05) is 24.3 Å². The first-order valence-corrected chi connectivity index (χ1v) is 6.30. The van der Waals surface area contributed by atoms with Gasteiger partial charge in [0, 0.05) is 6.04 Å². The van der Waals surface area contributed by atoms with E-state index in [1.54, 1.807) is 0 Å². The molecule has 0 aliphatic rings. The number of nitrogens with one attached hydrogen (secondary N) is 1. The van der Waals surface area contributed by atoms with Gasteiger partial charge in [-0.3, -0.25) is 0 Å². The van der Waals surface area contributed by atoms with Gasteiger partial charge >= 0.3 is 0 Å². The molecule has 0 fully saturated rings. The molecule has 18 heavy (non-hydrogen) atoms. The van der Waals surface area contributed by atoms with Crippen molar-refractivity contribution in [2.75, 3.05) is 6.54 Å². The first-order chi connectivity index (χ1) is 8.72. The average Bonchev–Trinajstić information content (AvgIpc) is 2.40. The van der Waals surface area contributed by atoms with Crippen molar-refractivity contribution < 1.29 is 4.39 Å². The van der Waals surface area contributed by atoms with Gasteiger partial charge in [0.05, 0.1) is 0 Å². The van der Waals surface area contributed by atoms with E-state index in [9.17, 15) is 4.39 Å². The lowest BCUT2D eigenvalue weighted by molar-refractivity contribution is 0.599. The molecule has 0 aliphatic carbocycles. The Bertz CT molecular complexity index is 505. The maximum Gasteiger partial charge on any atom is 0.123 e. The number of hydrogen-bond acceptors (Lipinski definition) is 1. The normalized spacial score (nSPS) is 12.4. The monoisotopic (exact) mass is 243 g/mol. The van der Waals surface area contributed by atoms with E-state index in [0.717, 1.165) is 17.7 Å². The zero-order chi connectivity index (χ0) is 13.0. The van der Waals surface area contributed by atoms with Crippen molar-refractivity contribution in [1.82, 2.24) is 5.32 Å². The van der Waals surface area contributed by atoms with Gasteiger partial charge in [-0.2, -0.15) is 0 Å². The molecule has 1 atom stereocenters. The van der Waals surface area contributed by atoms with Crippen molar-refractivity contribution in [3.05, 3.63) is 59.9 Å². The van der Waals surface area contributed by atoms with E-state index in [0.29, 0.717) is 0 Å². The Morgan fingerprint density at radius 3 is 2.39 bits per heavy atom. The first-order valence-electron chi connectivity index (χ1n) is 6.30. The van der Waals surface area contributed by atoms with E-state index < -0.39 is 0 Å². The van der Waals surface area contributed by atoms with E-state index in [4.69, 9.17) is 0 Å². The fourth-order valence-corrected chi connectivity index (χ4v) is 2.18. The van der Waals surface area contributed by atoms with Crippen molar-refractivity contribution >= 4 is 0 Å². The molecular formula is C16H18FN. The second-order valence-electron chi connectivity index (χ2n) is 4.37. The molecule has 1 N–H and O–H groups in total. The highest BCUT2D eigenvalue weighted by atomic mass is 19.1. The molecule has 0 bridgehead atoms. The van der Waals surface area contributed by atoms with Gasteiger partial charge in [-0.05, 0) is 42.3 Å². The van der Waals surface area contributed by atoms with Gasteiger partial charge in [0.2, 0.25) is 0 Å². The summed E-state index contributed by atoms with van der Waals surface area (Å²) in [7, 11) is 0. The Kier molecular flexibility index (Phi) is 4.11. The maximum atomic E-state index is 13.0.